The van der Waals surface area contributed by atoms with Gasteiger partial charge in [0, 0.05) is 24.7 Å². The molecule has 16 heavy (non-hydrogen) atoms. The van der Waals surface area contributed by atoms with Gasteiger partial charge in [-0.2, -0.15) is 0 Å². The maximum atomic E-state index is 5.96. The molecule has 1 aromatic carbocycles. The topological polar surface area (TPSA) is 12.5 Å². The summed E-state index contributed by atoms with van der Waals surface area (Å²) in [6, 6.07) is 8.36. The fourth-order valence-electron chi connectivity index (χ4n) is 2.12. The van der Waals surface area contributed by atoms with Crippen LogP contribution in [0.15, 0.2) is 24.3 Å². The van der Waals surface area contributed by atoms with Crippen LogP contribution in [0.4, 0.5) is 5.69 Å². The molecule has 1 fully saturated rings. The molecular formula is C13H18ClNO. The third-order valence-electron chi connectivity index (χ3n) is 3.07. The van der Waals surface area contributed by atoms with Crippen LogP contribution in [0.3, 0.4) is 0 Å². The maximum absolute atomic E-state index is 5.96. The van der Waals surface area contributed by atoms with Crippen molar-refractivity contribution in [1.29, 1.82) is 0 Å². The first kappa shape index (κ1) is 11.7. The Balaban J connectivity index is 2.16. The van der Waals surface area contributed by atoms with Gasteiger partial charge >= 0.3 is 0 Å². The van der Waals surface area contributed by atoms with Crippen molar-refractivity contribution in [2.24, 2.45) is 0 Å². The number of hydrogen-bond donors (Lipinski definition) is 0. The molecule has 1 saturated heterocycles. The number of rotatable bonds is 3. The molecule has 0 radical (unpaired) electrons. The lowest BCUT2D eigenvalue weighted by molar-refractivity contribution is 0.0384. The quantitative estimate of drug-likeness (QED) is 0.752. The second-order valence-corrected chi connectivity index (χ2v) is 4.38. The smallest absolute Gasteiger partial charge is 0.0748 e. The lowest BCUT2D eigenvalue weighted by Crippen LogP contribution is -2.42. The van der Waals surface area contributed by atoms with E-state index in [9.17, 15) is 0 Å². The van der Waals surface area contributed by atoms with Crippen molar-refractivity contribution in [2.45, 2.75) is 25.3 Å². The van der Waals surface area contributed by atoms with Crippen molar-refractivity contribution in [3.63, 3.8) is 0 Å². The molecule has 3 heteroatoms. The summed E-state index contributed by atoms with van der Waals surface area (Å²) in [7, 11) is 0. The Labute approximate surface area is 102 Å². The molecule has 0 amide bonds. The molecule has 1 atom stereocenters. The van der Waals surface area contributed by atoms with Crippen LogP contribution in [-0.4, -0.2) is 25.8 Å². The van der Waals surface area contributed by atoms with E-state index in [0.717, 1.165) is 26.1 Å². The van der Waals surface area contributed by atoms with Crippen LogP contribution in [-0.2, 0) is 10.6 Å². The van der Waals surface area contributed by atoms with E-state index in [2.05, 4.69) is 30.0 Å². The number of anilines is 1. The van der Waals surface area contributed by atoms with Crippen molar-refractivity contribution < 1.29 is 4.74 Å². The lowest BCUT2D eigenvalue weighted by Gasteiger charge is -2.35. The first-order chi connectivity index (χ1) is 7.85. The van der Waals surface area contributed by atoms with Crippen molar-refractivity contribution in [3.05, 3.63) is 29.8 Å². The third-order valence-corrected chi connectivity index (χ3v) is 3.36. The van der Waals surface area contributed by atoms with Crippen LogP contribution in [0.2, 0.25) is 0 Å². The maximum Gasteiger partial charge on any atom is 0.0748 e. The van der Waals surface area contributed by atoms with E-state index in [0.29, 0.717) is 12.0 Å². The van der Waals surface area contributed by atoms with E-state index < -0.39 is 0 Å². The summed E-state index contributed by atoms with van der Waals surface area (Å²) in [5.74, 6) is 0.574. The zero-order valence-electron chi connectivity index (χ0n) is 9.66. The number of para-hydroxylation sites is 1. The predicted octanol–water partition coefficient (Wildman–Crippen LogP) is 3.04. The van der Waals surface area contributed by atoms with E-state index in [4.69, 9.17) is 16.3 Å². The highest BCUT2D eigenvalue weighted by Crippen LogP contribution is 2.24. The van der Waals surface area contributed by atoms with Gasteiger partial charge in [0.1, 0.15) is 0 Å². The summed E-state index contributed by atoms with van der Waals surface area (Å²) in [5, 5.41) is 0. The molecule has 88 valence electrons. The number of ether oxygens (including phenoxy) is 1. The van der Waals surface area contributed by atoms with Gasteiger partial charge in [0.15, 0.2) is 0 Å². The van der Waals surface area contributed by atoms with Gasteiger partial charge in [-0.15, -0.1) is 11.6 Å². The molecule has 2 nitrogen and oxygen atoms in total. The van der Waals surface area contributed by atoms with Crippen LogP contribution in [0, 0.1) is 0 Å². The molecule has 1 unspecified atom stereocenters. The van der Waals surface area contributed by atoms with E-state index >= 15 is 0 Å². The summed E-state index contributed by atoms with van der Waals surface area (Å²) < 4.78 is 5.68. The molecular weight excluding hydrogens is 222 g/mol. The standard InChI is InChI=1S/C13H18ClNO/c1-2-12-10-15(7-8-16-12)13-6-4-3-5-11(13)9-14/h3-6,12H,2,7-10H2,1H3. The van der Waals surface area contributed by atoms with Crippen molar-refractivity contribution >= 4 is 17.3 Å². The van der Waals surface area contributed by atoms with Crippen LogP contribution < -0.4 is 4.90 Å². The Morgan fingerprint density at radius 1 is 1.44 bits per heavy atom. The number of morpholine rings is 1. The third kappa shape index (κ3) is 2.50. The number of hydrogen-bond acceptors (Lipinski definition) is 2. The van der Waals surface area contributed by atoms with Crippen LogP contribution in [0.25, 0.3) is 0 Å². The van der Waals surface area contributed by atoms with Gasteiger partial charge in [0.05, 0.1) is 12.7 Å². The fourth-order valence-corrected chi connectivity index (χ4v) is 2.34. The fraction of sp³-hybridized carbons (Fsp3) is 0.538. The molecule has 0 saturated carbocycles. The summed E-state index contributed by atoms with van der Waals surface area (Å²) in [6.07, 6.45) is 1.43. The van der Waals surface area contributed by atoms with E-state index in [-0.39, 0.29) is 0 Å². The minimum atomic E-state index is 0.358. The normalized spacial score (nSPS) is 21.1. The molecule has 1 aliphatic rings. The second-order valence-electron chi connectivity index (χ2n) is 4.11. The SMILES string of the molecule is CCC1CN(c2ccccc2CCl)CCO1. The number of nitrogens with zero attached hydrogens (tertiary/aromatic N) is 1. The second kappa shape index (κ2) is 5.55. The Hall–Kier alpha value is -0.730. The van der Waals surface area contributed by atoms with Gasteiger partial charge in [-0.1, -0.05) is 25.1 Å². The minimum absolute atomic E-state index is 0.358. The van der Waals surface area contributed by atoms with Crippen LogP contribution >= 0.6 is 11.6 Å². The monoisotopic (exact) mass is 239 g/mol. The Morgan fingerprint density at radius 2 is 2.25 bits per heavy atom. The number of halogens is 1. The molecule has 0 N–H and O–H groups in total. The van der Waals surface area contributed by atoms with Gasteiger partial charge in [-0.05, 0) is 18.1 Å². The van der Waals surface area contributed by atoms with Gasteiger partial charge in [0.2, 0.25) is 0 Å². The van der Waals surface area contributed by atoms with Crippen molar-refractivity contribution in [3.8, 4) is 0 Å². The number of alkyl halides is 1. The molecule has 1 heterocycles. The van der Waals surface area contributed by atoms with Crippen LogP contribution in [0.1, 0.15) is 18.9 Å². The molecule has 0 aromatic heterocycles. The number of benzene rings is 1. The molecule has 2 rings (SSSR count). The molecule has 1 aliphatic heterocycles. The first-order valence-corrected chi connectivity index (χ1v) is 6.39. The first-order valence-electron chi connectivity index (χ1n) is 5.85. The summed E-state index contributed by atoms with van der Waals surface area (Å²) >= 11 is 5.96. The highest BCUT2D eigenvalue weighted by Gasteiger charge is 2.20. The Kier molecular flexibility index (Phi) is 4.08. The molecule has 1 aromatic rings. The summed E-state index contributed by atoms with van der Waals surface area (Å²) in [4.78, 5) is 2.38. The lowest BCUT2D eigenvalue weighted by atomic mass is 10.1. The van der Waals surface area contributed by atoms with Crippen molar-refractivity contribution in [2.75, 3.05) is 24.6 Å². The van der Waals surface area contributed by atoms with Gasteiger partial charge < -0.3 is 9.64 Å². The average Bonchev–Trinajstić information content (AvgIpc) is 2.38. The molecule has 0 aliphatic carbocycles. The highest BCUT2D eigenvalue weighted by atomic mass is 35.5. The predicted molar refractivity (Wildman–Crippen MR) is 68.2 cm³/mol. The largest absolute Gasteiger partial charge is 0.375 e. The summed E-state index contributed by atoms with van der Waals surface area (Å²) in [5.41, 5.74) is 2.47. The Bertz CT molecular complexity index is 342. The Morgan fingerprint density at radius 3 is 3.00 bits per heavy atom. The van der Waals surface area contributed by atoms with E-state index in [1.165, 1.54) is 11.3 Å². The van der Waals surface area contributed by atoms with Gasteiger partial charge in [-0.3, -0.25) is 0 Å². The molecule has 0 bridgehead atoms. The van der Waals surface area contributed by atoms with Gasteiger partial charge in [-0.25, -0.2) is 0 Å². The van der Waals surface area contributed by atoms with Crippen LogP contribution in [0.5, 0.6) is 0 Å². The molecule has 0 spiro atoms. The van der Waals surface area contributed by atoms with Crippen molar-refractivity contribution in [1.82, 2.24) is 0 Å². The zero-order valence-corrected chi connectivity index (χ0v) is 10.4. The minimum Gasteiger partial charge on any atom is -0.375 e. The highest BCUT2D eigenvalue weighted by molar-refractivity contribution is 6.17. The van der Waals surface area contributed by atoms with E-state index in [1.807, 2.05) is 6.07 Å². The zero-order chi connectivity index (χ0) is 11.4. The summed E-state index contributed by atoms with van der Waals surface area (Å²) in [6.45, 7) is 4.92. The van der Waals surface area contributed by atoms with Gasteiger partial charge in [0.25, 0.3) is 0 Å². The van der Waals surface area contributed by atoms with E-state index in [1.54, 1.807) is 0 Å². The average molecular weight is 240 g/mol.